The van der Waals surface area contributed by atoms with Crippen molar-refractivity contribution in [1.82, 2.24) is 19.8 Å². The summed E-state index contributed by atoms with van der Waals surface area (Å²) in [5.74, 6) is 1.29. The van der Waals surface area contributed by atoms with Crippen LogP contribution < -0.4 is 5.73 Å². The maximum absolute atomic E-state index is 12.7. The molecule has 6 nitrogen and oxygen atoms in total. The molecule has 2 aromatic carbocycles. The zero-order valence-corrected chi connectivity index (χ0v) is 16.4. The summed E-state index contributed by atoms with van der Waals surface area (Å²) in [5.41, 5.74) is 7.64. The number of hydrogen-bond donors (Lipinski definition) is 1. The van der Waals surface area contributed by atoms with Crippen molar-refractivity contribution in [2.75, 3.05) is 31.9 Å². The fourth-order valence-electron chi connectivity index (χ4n) is 3.34. The molecule has 7 heteroatoms. The number of nitrogen functional groups attached to an aromatic ring is 1. The third-order valence-corrected chi connectivity index (χ3v) is 5.50. The molecule has 27 heavy (non-hydrogen) atoms. The Morgan fingerprint density at radius 3 is 2.48 bits per heavy atom. The SMILES string of the molecule is Nc1nc(CN2CCN(C(=O)c3ccccc3Br)CC2)nc2ccccc12. The number of carbonyl (C=O) groups is 1. The van der Waals surface area contributed by atoms with Crippen LogP contribution in [0.1, 0.15) is 16.2 Å². The molecule has 2 N–H and O–H groups in total. The first-order valence-electron chi connectivity index (χ1n) is 8.89. The van der Waals surface area contributed by atoms with E-state index in [1.807, 2.05) is 53.4 Å². The van der Waals surface area contributed by atoms with Gasteiger partial charge in [0.1, 0.15) is 11.6 Å². The van der Waals surface area contributed by atoms with Gasteiger partial charge >= 0.3 is 0 Å². The van der Waals surface area contributed by atoms with E-state index < -0.39 is 0 Å². The number of aromatic nitrogens is 2. The number of amides is 1. The van der Waals surface area contributed by atoms with E-state index in [9.17, 15) is 4.79 Å². The van der Waals surface area contributed by atoms with Gasteiger partial charge in [0.05, 0.1) is 17.6 Å². The standard InChI is InChI=1S/C20H20BrN5O/c21-16-7-3-1-5-14(16)20(27)26-11-9-25(10-12-26)13-18-23-17-8-4-2-6-15(17)19(22)24-18/h1-8H,9-13H2,(H2,22,23,24). The van der Waals surface area contributed by atoms with Crippen molar-refractivity contribution in [3.05, 3.63) is 64.4 Å². The first-order chi connectivity index (χ1) is 13.1. The lowest BCUT2D eigenvalue weighted by atomic mass is 10.2. The number of rotatable bonds is 3. The molecule has 138 valence electrons. The van der Waals surface area contributed by atoms with E-state index in [-0.39, 0.29) is 5.91 Å². The van der Waals surface area contributed by atoms with E-state index in [0.717, 1.165) is 34.3 Å². The molecule has 0 aliphatic carbocycles. The molecule has 0 atom stereocenters. The Labute approximate surface area is 166 Å². The van der Waals surface area contributed by atoms with Gasteiger partial charge in [-0.15, -0.1) is 0 Å². The average molecular weight is 426 g/mol. The van der Waals surface area contributed by atoms with E-state index >= 15 is 0 Å². The number of carbonyl (C=O) groups excluding carboxylic acids is 1. The number of nitrogens with two attached hydrogens (primary N) is 1. The number of para-hydroxylation sites is 1. The summed E-state index contributed by atoms with van der Waals surface area (Å²) in [6, 6.07) is 15.3. The predicted molar refractivity (Wildman–Crippen MR) is 109 cm³/mol. The molecule has 0 unspecified atom stereocenters. The van der Waals surface area contributed by atoms with Gasteiger partial charge in [0.2, 0.25) is 0 Å². The van der Waals surface area contributed by atoms with Crippen molar-refractivity contribution in [1.29, 1.82) is 0 Å². The molecule has 0 radical (unpaired) electrons. The lowest BCUT2D eigenvalue weighted by Crippen LogP contribution is -2.48. The van der Waals surface area contributed by atoms with Crippen molar-refractivity contribution in [3.8, 4) is 0 Å². The van der Waals surface area contributed by atoms with Crippen molar-refractivity contribution in [3.63, 3.8) is 0 Å². The van der Waals surface area contributed by atoms with E-state index in [4.69, 9.17) is 5.73 Å². The fraction of sp³-hybridized carbons (Fsp3) is 0.250. The number of halogens is 1. The lowest BCUT2D eigenvalue weighted by Gasteiger charge is -2.34. The van der Waals surface area contributed by atoms with Gasteiger partial charge in [-0.25, -0.2) is 9.97 Å². The number of fused-ring (bicyclic) bond motifs is 1. The molecular weight excluding hydrogens is 406 g/mol. The zero-order chi connectivity index (χ0) is 18.8. The van der Waals surface area contributed by atoms with Crippen LogP contribution in [0.5, 0.6) is 0 Å². The summed E-state index contributed by atoms with van der Waals surface area (Å²) in [6.07, 6.45) is 0. The Balaban J connectivity index is 1.41. The molecule has 1 amide bonds. The van der Waals surface area contributed by atoms with E-state index in [1.165, 1.54) is 0 Å². The van der Waals surface area contributed by atoms with E-state index in [1.54, 1.807) is 0 Å². The van der Waals surface area contributed by atoms with Crippen LogP contribution in [0.3, 0.4) is 0 Å². The minimum atomic E-state index is 0.0633. The van der Waals surface area contributed by atoms with Gasteiger partial charge in [0.25, 0.3) is 5.91 Å². The fourth-order valence-corrected chi connectivity index (χ4v) is 3.79. The molecule has 1 aliphatic rings. The highest BCUT2D eigenvalue weighted by atomic mass is 79.9. The summed E-state index contributed by atoms with van der Waals surface area (Å²) >= 11 is 3.46. The predicted octanol–water partition coefficient (Wildman–Crippen LogP) is 2.93. The van der Waals surface area contributed by atoms with Crippen molar-refractivity contribution in [2.45, 2.75) is 6.54 Å². The highest BCUT2D eigenvalue weighted by Gasteiger charge is 2.24. The van der Waals surface area contributed by atoms with Crippen LogP contribution in [-0.4, -0.2) is 51.9 Å². The van der Waals surface area contributed by atoms with Crippen molar-refractivity contribution < 1.29 is 4.79 Å². The van der Waals surface area contributed by atoms with Gasteiger partial charge in [0.15, 0.2) is 0 Å². The second kappa shape index (κ2) is 7.62. The molecule has 2 heterocycles. The third-order valence-electron chi connectivity index (χ3n) is 4.81. The van der Waals surface area contributed by atoms with E-state index in [2.05, 4.69) is 30.8 Å². The molecule has 0 bridgehead atoms. The number of nitrogens with zero attached hydrogens (tertiary/aromatic N) is 4. The highest BCUT2D eigenvalue weighted by Crippen LogP contribution is 2.20. The van der Waals surface area contributed by atoms with Crippen molar-refractivity contribution >= 4 is 38.6 Å². The van der Waals surface area contributed by atoms with Gasteiger partial charge in [-0.2, -0.15) is 0 Å². The summed E-state index contributed by atoms with van der Waals surface area (Å²) in [4.78, 5) is 25.9. The molecule has 0 spiro atoms. The van der Waals surface area contributed by atoms with Crippen molar-refractivity contribution in [2.24, 2.45) is 0 Å². The lowest BCUT2D eigenvalue weighted by molar-refractivity contribution is 0.0625. The van der Waals surface area contributed by atoms with Crippen LogP contribution >= 0.6 is 15.9 Å². The van der Waals surface area contributed by atoms with Crippen LogP contribution in [0.2, 0.25) is 0 Å². The Bertz CT molecular complexity index is 985. The van der Waals surface area contributed by atoms with Crippen LogP contribution in [-0.2, 0) is 6.54 Å². The molecule has 1 aliphatic heterocycles. The highest BCUT2D eigenvalue weighted by molar-refractivity contribution is 9.10. The summed E-state index contributed by atoms with van der Waals surface area (Å²) < 4.78 is 0.831. The van der Waals surface area contributed by atoms with Gasteiger partial charge in [-0.05, 0) is 40.2 Å². The van der Waals surface area contributed by atoms with Crippen LogP contribution in [0.25, 0.3) is 10.9 Å². The Kier molecular flexibility index (Phi) is 5.05. The van der Waals surface area contributed by atoms with Crippen LogP contribution in [0.4, 0.5) is 5.82 Å². The summed E-state index contributed by atoms with van der Waals surface area (Å²) in [5, 5.41) is 0.880. The molecule has 3 aromatic rings. The van der Waals surface area contributed by atoms with E-state index in [0.29, 0.717) is 31.0 Å². The van der Waals surface area contributed by atoms with Gasteiger partial charge < -0.3 is 10.6 Å². The first kappa shape index (κ1) is 17.9. The Hall–Kier alpha value is -2.51. The number of anilines is 1. The number of hydrogen-bond acceptors (Lipinski definition) is 5. The molecule has 4 rings (SSSR count). The van der Waals surface area contributed by atoms with Gasteiger partial charge in [0, 0.05) is 36.0 Å². The normalized spacial score (nSPS) is 15.2. The second-order valence-electron chi connectivity index (χ2n) is 6.59. The third kappa shape index (κ3) is 3.79. The smallest absolute Gasteiger partial charge is 0.255 e. The number of benzene rings is 2. The van der Waals surface area contributed by atoms with Gasteiger partial charge in [-0.3, -0.25) is 9.69 Å². The second-order valence-corrected chi connectivity index (χ2v) is 7.44. The monoisotopic (exact) mass is 425 g/mol. The number of piperazine rings is 1. The first-order valence-corrected chi connectivity index (χ1v) is 9.68. The molecule has 1 aromatic heterocycles. The molecule has 1 saturated heterocycles. The molecule has 1 fully saturated rings. The zero-order valence-electron chi connectivity index (χ0n) is 14.8. The molecular formula is C20H20BrN5O. The largest absolute Gasteiger partial charge is 0.383 e. The Morgan fingerprint density at radius 1 is 1.00 bits per heavy atom. The van der Waals surface area contributed by atoms with Crippen LogP contribution in [0, 0.1) is 0 Å². The summed E-state index contributed by atoms with van der Waals surface area (Å²) in [6.45, 7) is 3.57. The quantitative estimate of drug-likeness (QED) is 0.697. The van der Waals surface area contributed by atoms with Gasteiger partial charge in [-0.1, -0.05) is 24.3 Å². The minimum Gasteiger partial charge on any atom is -0.383 e. The minimum absolute atomic E-state index is 0.0633. The Morgan fingerprint density at radius 2 is 1.70 bits per heavy atom. The maximum Gasteiger partial charge on any atom is 0.255 e. The average Bonchev–Trinajstić information content (AvgIpc) is 2.68. The van der Waals surface area contributed by atoms with Crippen LogP contribution in [0.15, 0.2) is 53.0 Å². The summed E-state index contributed by atoms with van der Waals surface area (Å²) in [7, 11) is 0. The maximum atomic E-state index is 12.7. The topological polar surface area (TPSA) is 75.3 Å². The molecule has 0 saturated carbocycles.